The number of hydrogen-bond donors (Lipinski definition) is 2. The lowest BCUT2D eigenvalue weighted by Gasteiger charge is -2.08. The van der Waals surface area contributed by atoms with Crippen LogP contribution in [0.1, 0.15) is 28.5 Å². The molecular weight excluding hydrogens is 390 g/mol. The van der Waals surface area contributed by atoms with Gasteiger partial charge in [0, 0.05) is 23.2 Å². The molecule has 1 amide bonds. The number of hydrogen-bond acceptors (Lipinski definition) is 3. The van der Waals surface area contributed by atoms with Gasteiger partial charge in [0.1, 0.15) is 5.82 Å². The van der Waals surface area contributed by atoms with Crippen molar-refractivity contribution in [3.05, 3.63) is 63.8 Å². The molecule has 0 atom stereocenters. The summed E-state index contributed by atoms with van der Waals surface area (Å²) in [6.07, 6.45) is -0.175. The minimum atomic E-state index is -0.922. The Morgan fingerprint density at radius 2 is 1.93 bits per heavy atom. The topological polar surface area (TPSA) is 71.3 Å². The summed E-state index contributed by atoms with van der Waals surface area (Å²) in [5.41, 5.74) is 0.788. The van der Waals surface area contributed by atoms with Crippen molar-refractivity contribution in [2.45, 2.75) is 20.3 Å². The number of carbonyl (C=O) groups is 2. The van der Waals surface area contributed by atoms with E-state index in [9.17, 15) is 23.5 Å². The van der Waals surface area contributed by atoms with Gasteiger partial charge in [-0.3, -0.25) is 14.2 Å². The van der Waals surface area contributed by atoms with E-state index in [1.807, 2.05) is 0 Å². The summed E-state index contributed by atoms with van der Waals surface area (Å²) in [6.45, 7) is 3.71. The fourth-order valence-electron chi connectivity index (χ4n) is 3.18. The number of nitrogens with one attached hydrogen (secondary N) is 1. The average Bonchev–Trinajstić information content (AvgIpc) is 2.92. The number of nitrogens with zero attached hydrogens (tertiary/aromatic N) is 1. The summed E-state index contributed by atoms with van der Waals surface area (Å²) >= 11 is 5.67. The van der Waals surface area contributed by atoms with E-state index in [2.05, 4.69) is 5.32 Å². The van der Waals surface area contributed by atoms with Crippen LogP contribution in [0.3, 0.4) is 0 Å². The summed E-state index contributed by atoms with van der Waals surface area (Å²) in [5, 5.41) is 12.2. The second-order valence-corrected chi connectivity index (χ2v) is 6.66. The van der Waals surface area contributed by atoms with Crippen molar-refractivity contribution in [1.29, 1.82) is 0 Å². The highest BCUT2D eigenvalue weighted by Gasteiger charge is 2.25. The third kappa shape index (κ3) is 3.33. The molecule has 0 saturated heterocycles. The van der Waals surface area contributed by atoms with Crippen LogP contribution in [0.5, 0.6) is 5.75 Å². The lowest BCUT2D eigenvalue weighted by molar-refractivity contribution is -0.120. The van der Waals surface area contributed by atoms with Gasteiger partial charge in [0.05, 0.1) is 17.0 Å². The van der Waals surface area contributed by atoms with E-state index in [1.165, 1.54) is 22.8 Å². The van der Waals surface area contributed by atoms with Gasteiger partial charge in [-0.25, -0.2) is 8.78 Å². The highest BCUT2D eigenvalue weighted by Crippen LogP contribution is 2.33. The third-order valence-electron chi connectivity index (χ3n) is 4.50. The predicted octanol–water partition coefficient (Wildman–Crippen LogP) is 3.95. The normalized spacial score (nSPS) is 11.0. The van der Waals surface area contributed by atoms with Crippen molar-refractivity contribution in [2.24, 2.45) is 0 Å². The Kier molecular flexibility index (Phi) is 5.38. The first-order chi connectivity index (χ1) is 13.3. The van der Waals surface area contributed by atoms with E-state index >= 15 is 0 Å². The molecule has 146 valence electrons. The molecule has 0 unspecified atom stereocenters. The van der Waals surface area contributed by atoms with Gasteiger partial charge >= 0.3 is 0 Å². The predicted molar refractivity (Wildman–Crippen MR) is 102 cm³/mol. The van der Waals surface area contributed by atoms with E-state index in [4.69, 9.17) is 11.6 Å². The first-order valence-electron chi connectivity index (χ1n) is 8.54. The zero-order valence-corrected chi connectivity index (χ0v) is 15.9. The molecule has 0 radical (unpaired) electrons. The summed E-state index contributed by atoms with van der Waals surface area (Å²) in [6, 6.07) is 6.12. The number of carbonyl (C=O) groups excluding carboxylic acids is 2. The molecule has 0 aliphatic carbocycles. The number of benzene rings is 2. The van der Waals surface area contributed by atoms with Crippen molar-refractivity contribution in [3.8, 4) is 5.75 Å². The van der Waals surface area contributed by atoms with Gasteiger partial charge in [-0.05, 0) is 49.7 Å². The maximum absolute atomic E-state index is 14.7. The molecule has 0 bridgehead atoms. The number of likely N-dealkylation sites (N-methyl/N-ethyl adjacent to an activating group) is 1. The van der Waals surface area contributed by atoms with Crippen LogP contribution in [0.2, 0.25) is 5.02 Å². The molecule has 1 heterocycles. The van der Waals surface area contributed by atoms with Crippen LogP contribution in [0.25, 0.3) is 10.9 Å². The maximum atomic E-state index is 14.7. The molecule has 0 fully saturated rings. The SMILES string of the molecule is CCNC(=O)Cc1c(C)n(C(=O)c2ccc(Cl)c(F)c2)c2ccc(O)c(F)c12. The van der Waals surface area contributed by atoms with E-state index in [0.717, 1.165) is 12.1 Å². The third-order valence-corrected chi connectivity index (χ3v) is 4.80. The fourth-order valence-corrected chi connectivity index (χ4v) is 3.30. The molecule has 1 aromatic heterocycles. The van der Waals surface area contributed by atoms with Gasteiger partial charge in [0.2, 0.25) is 5.91 Å². The number of aromatic hydroxyl groups is 1. The number of fused-ring (bicyclic) bond motifs is 1. The van der Waals surface area contributed by atoms with Crippen LogP contribution in [0.4, 0.5) is 8.78 Å². The number of rotatable bonds is 4. The first kappa shape index (κ1) is 19.8. The number of halogens is 3. The van der Waals surface area contributed by atoms with Crippen LogP contribution in [0, 0.1) is 18.6 Å². The minimum Gasteiger partial charge on any atom is -0.505 e. The molecule has 0 aliphatic heterocycles. The van der Waals surface area contributed by atoms with Gasteiger partial charge in [-0.1, -0.05) is 11.6 Å². The molecule has 2 aromatic carbocycles. The monoisotopic (exact) mass is 406 g/mol. The minimum absolute atomic E-state index is 0.0138. The van der Waals surface area contributed by atoms with E-state index < -0.39 is 23.3 Å². The Morgan fingerprint density at radius 1 is 1.21 bits per heavy atom. The standard InChI is InChI=1S/C20H17ClF2N2O3/c1-3-24-17(27)9-12-10(2)25(15-6-7-16(26)19(23)18(12)15)20(28)11-4-5-13(21)14(22)8-11/h4-8,26H,3,9H2,1-2H3,(H,24,27). The summed E-state index contributed by atoms with van der Waals surface area (Å²) in [7, 11) is 0. The lowest BCUT2D eigenvalue weighted by Crippen LogP contribution is -2.25. The van der Waals surface area contributed by atoms with Crippen LogP contribution in [-0.2, 0) is 11.2 Å². The van der Waals surface area contributed by atoms with Crippen molar-refractivity contribution in [2.75, 3.05) is 6.54 Å². The summed E-state index contributed by atoms with van der Waals surface area (Å²) in [5.74, 6) is -3.23. The fraction of sp³-hybridized carbons (Fsp3) is 0.200. The maximum Gasteiger partial charge on any atom is 0.262 e. The number of amides is 1. The summed E-state index contributed by atoms with van der Waals surface area (Å²) in [4.78, 5) is 25.1. The first-order valence-corrected chi connectivity index (χ1v) is 8.91. The van der Waals surface area contributed by atoms with E-state index in [-0.39, 0.29) is 39.4 Å². The summed E-state index contributed by atoms with van der Waals surface area (Å²) < 4.78 is 29.7. The smallest absolute Gasteiger partial charge is 0.262 e. The molecule has 3 aromatic rings. The van der Waals surface area contributed by atoms with Gasteiger partial charge in [0.15, 0.2) is 11.6 Å². The molecule has 2 N–H and O–H groups in total. The quantitative estimate of drug-likeness (QED) is 0.689. The van der Waals surface area contributed by atoms with Gasteiger partial charge in [0.25, 0.3) is 5.91 Å². The van der Waals surface area contributed by atoms with E-state index in [0.29, 0.717) is 12.2 Å². The molecule has 3 rings (SSSR count). The van der Waals surface area contributed by atoms with E-state index in [1.54, 1.807) is 13.8 Å². The van der Waals surface area contributed by atoms with Crippen molar-refractivity contribution in [3.63, 3.8) is 0 Å². The Balaban J connectivity index is 2.24. The molecule has 0 spiro atoms. The lowest BCUT2D eigenvalue weighted by atomic mass is 10.1. The number of phenolic OH excluding ortho intramolecular Hbond substituents is 1. The molecular formula is C20H17ClF2N2O3. The second kappa shape index (κ2) is 7.59. The number of phenols is 1. The van der Waals surface area contributed by atoms with Crippen LogP contribution in [0.15, 0.2) is 30.3 Å². The highest BCUT2D eigenvalue weighted by molar-refractivity contribution is 6.30. The molecule has 0 aliphatic rings. The van der Waals surface area contributed by atoms with Crippen molar-refractivity contribution in [1.82, 2.24) is 9.88 Å². The van der Waals surface area contributed by atoms with Crippen LogP contribution in [-0.4, -0.2) is 28.0 Å². The second-order valence-electron chi connectivity index (χ2n) is 6.26. The van der Waals surface area contributed by atoms with Crippen LogP contribution < -0.4 is 5.32 Å². The zero-order chi connectivity index (χ0) is 20.6. The Labute approximate surface area is 164 Å². The Morgan fingerprint density at radius 3 is 2.57 bits per heavy atom. The van der Waals surface area contributed by atoms with Gasteiger partial charge in [-0.15, -0.1) is 0 Å². The van der Waals surface area contributed by atoms with Gasteiger partial charge in [-0.2, -0.15) is 0 Å². The molecule has 28 heavy (non-hydrogen) atoms. The largest absolute Gasteiger partial charge is 0.505 e. The van der Waals surface area contributed by atoms with Crippen molar-refractivity contribution >= 4 is 34.3 Å². The molecule has 8 heteroatoms. The van der Waals surface area contributed by atoms with Crippen LogP contribution >= 0.6 is 11.6 Å². The Hall–Kier alpha value is -2.93. The molecule has 0 saturated carbocycles. The Bertz CT molecular complexity index is 1110. The van der Waals surface area contributed by atoms with Gasteiger partial charge < -0.3 is 10.4 Å². The van der Waals surface area contributed by atoms with Crippen molar-refractivity contribution < 1.29 is 23.5 Å². The zero-order valence-electron chi connectivity index (χ0n) is 15.1. The molecule has 5 nitrogen and oxygen atoms in total. The number of aromatic nitrogens is 1. The highest BCUT2D eigenvalue weighted by atomic mass is 35.5. The average molecular weight is 407 g/mol.